The van der Waals surface area contributed by atoms with E-state index in [2.05, 4.69) is 0 Å². The van der Waals surface area contributed by atoms with Crippen LogP contribution in [0.4, 0.5) is 0 Å². The van der Waals surface area contributed by atoms with E-state index < -0.39 is 17.1 Å². The summed E-state index contributed by atoms with van der Waals surface area (Å²) in [6.45, 7) is 5.35. The van der Waals surface area contributed by atoms with Crippen LogP contribution in [0.15, 0.2) is 0 Å². The van der Waals surface area contributed by atoms with Crippen LogP contribution >= 0.6 is 0 Å². The van der Waals surface area contributed by atoms with Gasteiger partial charge in [-0.3, -0.25) is 9.59 Å². The van der Waals surface area contributed by atoms with Gasteiger partial charge in [0.05, 0.1) is 0 Å². The maximum Gasteiger partial charge on any atom is 0.327 e. The Kier molecular flexibility index (Phi) is 2.67. The highest BCUT2D eigenvalue weighted by Gasteiger charge is 2.44. The Morgan fingerprint density at radius 3 is 2.43 bits per heavy atom. The zero-order valence-electron chi connectivity index (χ0n) is 8.92. The van der Waals surface area contributed by atoms with Gasteiger partial charge in [-0.1, -0.05) is 0 Å². The number of hydrogen-bond donors (Lipinski definition) is 1. The fourth-order valence-electron chi connectivity index (χ4n) is 1.45. The summed E-state index contributed by atoms with van der Waals surface area (Å²) in [6.07, 6.45) is 0.901. The highest BCUT2D eigenvalue weighted by Crippen LogP contribution is 2.27. The van der Waals surface area contributed by atoms with Gasteiger partial charge in [-0.05, 0) is 27.2 Å². The fraction of sp³-hybridized carbons (Fsp3) is 0.800. The highest BCUT2D eigenvalue weighted by atomic mass is 16.6. The van der Waals surface area contributed by atoms with Crippen molar-refractivity contribution in [3.05, 3.63) is 0 Å². The smallest absolute Gasteiger partial charge is 0.327 e. The summed E-state index contributed by atoms with van der Waals surface area (Å²) in [5.41, 5.74) is 4.18. The van der Waals surface area contributed by atoms with E-state index >= 15 is 0 Å². The first-order valence-electron chi connectivity index (χ1n) is 4.77. The maximum atomic E-state index is 11.6. The number of carbonyl (C=O) groups excluding carboxylic acids is 2. The summed E-state index contributed by atoms with van der Waals surface area (Å²) < 4.78 is 5.16. The number of hydrogen-bond acceptors (Lipinski definition) is 4. The van der Waals surface area contributed by atoms with Gasteiger partial charge in [0.2, 0.25) is 0 Å². The van der Waals surface area contributed by atoms with Crippen molar-refractivity contribution in [2.45, 2.75) is 51.2 Å². The second-order valence-electron chi connectivity index (χ2n) is 4.87. The Balaban J connectivity index is 2.65. The van der Waals surface area contributed by atoms with E-state index in [-0.39, 0.29) is 12.2 Å². The van der Waals surface area contributed by atoms with Crippen LogP contribution in [0.25, 0.3) is 0 Å². The Hall–Kier alpha value is -0.900. The van der Waals surface area contributed by atoms with Crippen LogP contribution in [-0.4, -0.2) is 22.9 Å². The number of rotatable bonds is 1. The summed E-state index contributed by atoms with van der Waals surface area (Å²) >= 11 is 0. The Labute approximate surface area is 83.8 Å². The zero-order chi connectivity index (χ0) is 11.0. The standard InChI is InChI=1S/C10H17NO3/c1-9(2,3)14-8(13)10(11)5-4-7(12)6-10/h4-6,11H2,1-3H3. The van der Waals surface area contributed by atoms with Crippen LogP contribution in [0.1, 0.15) is 40.0 Å². The van der Waals surface area contributed by atoms with Gasteiger partial charge >= 0.3 is 5.97 Å². The molecular weight excluding hydrogens is 182 g/mol. The highest BCUT2D eigenvalue weighted by molar-refractivity contribution is 5.93. The van der Waals surface area contributed by atoms with E-state index in [1.165, 1.54) is 0 Å². The molecule has 1 saturated carbocycles. The first-order chi connectivity index (χ1) is 6.23. The second kappa shape index (κ2) is 3.35. The van der Waals surface area contributed by atoms with Gasteiger partial charge in [0, 0.05) is 12.8 Å². The van der Waals surface area contributed by atoms with E-state index in [0.717, 1.165) is 0 Å². The van der Waals surface area contributed by atoms with Crippen molar-refractivity contribution in [3.63, 3.8) is 0 Å². The molecule has 0 radical (unpaired) electrons. The molecule has 0 heterocycles. The molecule has 0 saturated heterocycles. The summed E-state index contributed by atoms with van der Waals surface area (Å²) in [4.78, 5) is 22.7. The molecule has 4 nitrogen and oxygen atoms in total. The Morgan fingerprint density at radius 1 is 1.50 bits per heavy atom. The molecule has 0 aromatic carbocycles. The first kappa shape index (κ1) is 11.2. The number of nitrogens with two attached hydrogens (primary N) is 1. The van der Waals surface area contributed by atoms with Gasteiger partial charge in [0.15, 0.2) is 0 Å². The third-order valence-electron chi connectivity index (χ3n) is 2.17. The average Bonchev–Trinajstić information content (AvgIpc) is 2.29. The van der Waals surface area contributed by atoms with E-state index in [1.54, 1.807) is 20.8 Å². The lowest BCUT2D eigenvalue weighted by atomic mass is 9.99. The van der Waals surface area contributed by atoms with Crippen LogP contribution in [0.2, 0.25) is 0 Å². The SMILES string of the molecule is CC(C)(C)OC(=O)C1(N)CCC(=O)C1. The lowest BCUT2D eigenvalue weighted by Crippen LogP contribution is -2.49. The summed E-state index contributed by atoms with van der Waals surface area (Å²) in [7, 11) is 0. The summed E-state index contributed by atoms with van der Waals surface area (Å²) in [5, 5.41) is 0. The molecular formula is C10H17NO3. The zero-order valence-corrected chi connectivity index (χ0v) is 8.92. The van der Waals surface area contributed by atoms with Crippen molar-refractivity contribution in [2.75, 3.05) is 0 Å². The minimum atomic E-state index is -1.08. The van der Waals surface area contributed by atoms with Crippen molar-refractivity contribution < 1.29 is 14.3 Å². The van der Waals surface area contributed by atoms with Crippen LogP contribution in [0.3, 0.4) is 0 Å². The number of ketones is 1. The number of ether oxygens (including phenoxy) is 1. The molecule has 4 heteroatoms. The molecule has 0 spiro atoms. The molecule has 0 amide bonds. The molecule has 0 bridgehead atoms. The van der Waals surface area contributed by atoms with Crippen molar-refractivity contribution in [1.29, 1.82) is 0 Å². The molecule has 1 fully saturated rings. The molecule has 1 aliphatic carbocycles. The van der Waals surface area contributed by atoms with E-state index in [4.69, 9.17) is 10.5 Å². The van der Waals surface area contributed by atoms with Crippen molar-refractivity contribution in [2.24, 2.45) is 5.73 Å². The maximum absolute atomic E-state index is 11.6. The lowest BCUT2D eigenvalue weighted by molar-refractivity contribution is -0.161. The topological polar surface area (TPSA) is 69.4 Å². The molecule has 0 aromatic rings. The van der Waals surface area contributed by atoms with Gasteiger partial charge in [0.1, 0.15) is 16.9 Å². The monoisotopic (exact) mass is 199 g/mol. The molecule has 2 N–H and O–H groups in total. The molecule has 14 heavy (non-hydrogen) atoms. The Bertz CT molecular complexity index is 267. The van der Waals surface area contributed by atoms with E-state index in [9.17, 15) is 9.59 Å². The van der Waals surface area contributed by atoms with Gasteiger partial charge in [-0.2, -0.15) is 0 Å². The normalized spacial score (nSPS) is 27.9. The minimum absolute atomic E-state index is 0.0401. The largest absolute Gasteiger partial charge is 0.459 e. The number of carbonyl (C=O) groups is 2. The summed E-state index contributed by atoms with van der Waals surface area (Å²) in [6, 6.07) is 0. The molecule has 80 valence electrons. The van der Waals surface area contributed by atoms with Gasteiger partial charge < -0.3 is 10.5 Å². The third kappa shape index (κ3) is 2.54. The van der Waals surface area contributed by atoms with Crippen molar-refractivity contribution >= 4 is 11.8 Å². The van der Waals surface area contributed by atoms with Crippen molar-refractivity contribution in [3.8, 4) is 0 Å². The van der Waals surface area contributed by atoms with Crippen LogP contribution in [0.5, 0.6) is 0 Å². The van der Waals surface area contributed by atoms with Crippen molar-refractivity contribution in [1.82, 2.24) is 0 Å². The molecule has 1 aliphatic rings. The van der Waals surface area contributed by atoms with E-state index in [0.29, 0.717) is 12.8 Å². The molecule has 0 aromatic heterocycles. The molecule has 1 rings (SSSR count). The molecule has 1 atom stereocenters. The predicted molar refractivity (Wildman–Crippen MR) is 51.6 cm³/mol. The van der Waals surface area contributed by atoms with Crippen LogP contribution in [-0.2, 0) is 14.3 Å². The Morgan fingerprint density at radius 2 is 2.07 bits per heavy atom. The van der Waals surface area contributed by atoms with Gasteiger partial charge in [-0.15, -0.1) is 0 Å². The minimum Gasteiger partial charge on any atom is -0.459 e. The van der Waals surface area contributed by atoms with Gasteiger partial charge in [0.25, 0.3) is 0 Å². The lowest BCUT2D eigenvalue weighted by Gasteiger charge is -2.27. The molecule has 0 aliphatic heterocycles. The summed E-state index contributed by atoms with van der Waals surface area (Å²) in [5.74, 6) is -0.422. The van der Waals surface area contributed by atoms with Crippen LogP contribution < -0.4 is 5.73 Å². The van der Waals surface area contributed by atoms with Crippen LogP contribution in [0, 0.1) is 0 Å². The fourth-order valence-corrected chi connectivity index (χ4v) is 1.45. The third-order valence-corrected chi connectivity index (χ3v) is 2.17. The number of Topliss-reactive ketones (excluding diaryl/α,β-unsaturated/α-hetero) is 1. The molecule has 1 unspecified atom stereocenters. The quantitative estimate of drug-likeness (QED) is 0.633. The first-order valence-corrected chi connectivity index (χ1v) is 4.77. The van der Waals surface area contributed by atoms with E-state index in [1.807, 2.05) is 0 Å². The second-order valence-corrected chi connectivity index (χ2v) is 4.87. The number of esters is 1. The van der Waals surface area contributed by atoms with Gasteiger partial charge in [-0.25, -0.2) is 0 Å². The average molecular weight is 199 g/mol. The predicted octanol–water partition coefficient (Wildman–Crippen LogP) is 0.779.